The Balaban J connectivity index is 2.30. The van der Waals surface area contributed by atoms with Gasteiger partial charge in [0.2, 0.25) is 0 Å². The van der Waals surface area contributed by atoms with Crippen molar-refractivity contribution in [1.82, 2.24) is 10.2 Å². The van der Waals surface area contributed by atoms with E-state index in [0.717, 1.165) is 43.4 Å². The van der Waals surface area contributed by atoms with Crippen LogP contribution < -0.4 is 5.32 Å². The maximum Gasteiger partial charge on any atom is 0.417 e. The molecule has 1 aromatic carbocycles. The van der Waals surface area contributed by atoms with E-state index in [4.69, 9.17) is 11.6 Å². The predicted octanol–water partition coefficient (Wildman–Crippen LogP) is 4.27. The second-order valence-electron chi connectivity index (χ2n) is 5.70. The van der Waals surface area contributed by atoms with E-state index in [1.807, 2.05) is 6.92 Å². The van der Waals surface area contributed by atoms with Crippen LogP contribution >= 0.6 is 11.6 Å². The smallest absolute Gasteiger partial charge is 0.314 e. The molecule has 1 fully saturated rings. The summed E-state index contributed by atoms with van der Waals surface area (Å²) in [6.07, 6.45) is -3.71. The molecule has 0 bridgehead atoms. The summed E-state index contributed by atoms with van der Waals surface area (Å²) in [6, 6.07) is 4.06. The number of nitrogens with one attached hydrogen (secondary N) is 1. The van der Waals surface area contributed by atoms with Gasteiger partial charge in [-0.1, -0.05) is 23.2 Å². The summed E-state index contributed by atoms with van der Waals surface area (Å²) >= 11 is 5.86. The number of piperazine rings is 1. The van der Waals surface area contributed by atoms with Crippen LogP contribution in [0.3, 0.4) is 0 Å². The lowest BCUT2D eigenvalue weighted by Crippen LogP contribution is -2.45. The highest BCUT2D eigenvalue weighted by Crippen LogP contribution is 2.37. The Bertz CT molecular complexity index is 537. The quantitative estimate of drug-likeness (QED) is 0.828. The van der Waals surface area contributed by atoms with E-state index in [2.05, 4.69) is 16.8 Å². The summed E-state index contributed by atoms with van der Waals surface area (Å²) in [7, 11) is 0. The van der Waals surface area contributed by atoms with Crippen molar-refractivity contribution in [3.05, 3.63) is 46.5 Å². The third-order valence-electron chi connectivity index (χ3n) is 3.82. The highest BCUT2D eigenvalue weighted by atomic mass is 35.5. The van der Waals surface area contributed by atoms with E-state index in [1.54, 1.807) is 0 Å². The van der Waals surface area contributed by atoms with Crippen LogP contribution in [0.15, 0.2) is 30.4 Å². The van der Waals surface area contributed by atoms with Gasteiger partial charge in [-0.2, -0.15) is 13.2 Å². The fraction of sp³-hybridized carbons (Fsp3) is 0.500. The Labute approximate surface area is 133 Å². The molecule has 2 nitrogen and oxygen atoms in total. The highest BCUT2D eigenvalue weighted by molar-refractivity contribution is 6.31. The van der Waals surface area contributed by atoms with E-state index in [9.17, 15) is 13.2 Å². The minimum Gasteiger partial charge on any atom is -0.314 e. The van der Waals surface area contributed by atoms with Gasteiger partial charge in [-0.25, -0.2) is 0 Å². The molecular weight excluding hydrogens is 313 g/mol. The molecule has 122 valence electrons. The molecular formula is C16H20ClF3N2. The monoisotopic (exact) mass is 332 g/mol. The van der Waals surface area contributed by atoms with Crippen LogP contribution in [0.1, 0.15) is 30.5 Å². The van der Waals surface area contributed by atoms with E-state index in [0.29, 0.717) is 6.42 Å². The van der Waals surface area contributed by atoms with Crippen LogP contribution in [-0.4, -0.2) is 31.1 Å². The van der Waals surface area contributed by atoms with Gasteiger partial charge in [0.25, 0.3) is 0 Å². The zero-order valence-corrected chi connectivity index (χ0v) is 13.3. The second kappa shape index (κ2) is 7.02. The zero-order chi connectivity index (χ0) is 16.3. The summed E-state index contributed by atoms with van der Waals surface area (Å²) in [5.74, 6) is 0. The Kier molecular flexibility index (Phi) is 5.53. The molecule has 22 heavy (non-hydrogen) atoms. The molecule has 0 amide bonds. The Morgan fingerprint density at radius 3 is 2.50 bits per heavy atom. The first-order valence-electron chi connectivity index (χ1n) is 7.25. The van der Waals surface area contributed by atoms with Crippen molar-refractivity contribution >= 4 is 11.6 Å². The number of hydrogen-bond donors (Lipinski definition) is 1. The standard InChI is InChI=1S/C16H20ClF3N2/c1-11(2)9-15(22-7-5-21-6-8-22)12-3-4-13(14(17)10-12)16(18,19)20/h3-4,10,15,21H,1,5-9H2,2H3/t15-/m0/s1. The summed E-state index contributed by atoms with van der Waals surface area (Å²) < 4.78 is 38.5. The maximum atomic E-state index is 12.8. The molecule has 0 spiro atoms. The molecule has 1 aliphatic rings. The summed E-state index contributed by atoms with van der Waals surface area (Å²) in [5.41, 5.74) is 1.02. The molecule has 2 rings (SSSR count). The van der Waals surface area contributed by atoms with Gasteiger partial charge in [-0.3, -0.25) is 4.90 Å². The maximum absolute atomic E-state index is 12.8. The number of hydrogen-bond acceptors (Lipinski definition) is 2. The molecule has 1 saturated heterocycles. The second-order valence-corrected chi connectivity index (χ2v) is 6.11. The molecule has 0 saturated carbocycles. The number of nitrogens with zero attached hydrogens (tertiary/aromatic N) is 1. The summed E-state index contributed by atoms with van der Waals surface area (Å²) in [6.45, 7) is 9.34. The summed E-state index contributed by atoms with van der Waals surface area (Å²) in [5, 5.41) is 3.03. The fourth-order valence-corrected chi connectivity index (χ4v) is 3.05. The van der Waals surface area contributed by atoms with Gasteiger partial charge < -0.3 is 5.32 Å². The first-order valence-corrected chi connectivity index (χ1v) is 7.62. The van der Waals surface area contributed by atoms with Crippen molar-refractivity contribution in [2.45, 2.75) is 25.6 Å². The van der Waals surface area contributed by atoms with Crippen LogP contribution in [0, 0.1) is 0 Å². The van der Waals surface area contributed by atoms with Gasteiger partial charge in [0.1, 0.15) is 0 Å². The van der Waals surface area contributed by atoms with Gasteiger partial charge in [-0.15, -0.1) is 6.58 Å². The Morgan fingerprint density at radius 2 is 2.00 bits per heavy atom. The fourth-order valence-electron chi connectivity index (χ4n) is 2.75. The number of benzene rings is 1. The molecule has 0 aromatic heterocycles. The lowest BCUT2D eigenvalue weighted by Gasteiger charge is -2.35. The average molecular weight is 333 g/mol. The molecule has 1 heterocycles. The predicted molar refractivity (Wildman–Crippen MR) is 83.1 cm³/mol. The molecule has 1 N–H and O–H groups in total. The molecule has 0 aliphatic carbocycles. The lowest BCUT2D eigenvalue weighted by molar-refractivity contribution is -0.137. The van der Waals surface area contributed by atoms with Gasteiger partial charge >= 0.3 is 6.18 Å². The van der Waals surface area contributed by atoms with E-state index in [-0.39, 0.29) is 11.1 Å². The molecule has 1 atom stereocenters. The molecule has 1 aromatic rings. The molecule has 1 aliphatic heterocycles. The number of alkyl halides is 3. The summed E-state index contributed by atoms with van der Waals surface area (Å²) in [4.78, 5) is 2.27. The van der Waals surface area contributed by atoms with Gasteiger partial charge in [0.15, 0.2) is 0 Å². The third kappa shape index (κ3) is 4.24. The number of rotatable bonds is 4. The molecule has 6 heteroatoms. The number of halogens is 4. The first-order chi connectivity index (χ1) is 10.3. The van der Waals surface area contributed by atoms with Crippen molar-refractivity contribution < 1.29 is 13.2 Å². The van der Waals surface area contributed by atoms with E-state index < -0.39 is 11.7 Å². The van der Waals surface area contributed by atoms with Crippen molar-refractivity contribution in [3.63, 3.8) is 0 Å². The molecule has 0 unspecified atom stereocenters. The van der Waals surface area contributed by atoms with Crippen molar-refractivity contribution in [3.8, 4) is 0 Å². The van der Waals surface area contributed by atoms with Gasteiger partial charge in [-0.05, 0) is 31.0 Å². The highest BCUT2D eigenvalue weighted by Gasteiger charge is 2.33. The Morgan fingerprint density at radius 1 is 1.36 bits per heavy atom. The average Bonchev–Trinajstić information content (AvgIpc) is 2.44. The normalized spacial score (nSPS) is 18.2. The van der Waals surface area contributed by atoms with Crippen LogP contribution in [0.2, 0.25) is 5.02 Å². The van der Waals surface area contributed by atoms with Crippen LogP contribution in [0.5, 0.6) is 0 Å². The van der Waals surface area contributed by atoms with Gasteiger partial charge in [0, 0.05) is 32.2 Å². The Hall–Kier alpha value is -1.04. The zero-order valence-electron chi connectivity index (χ0n) is 12.5. The van der Waals surface area contributed by atoms with Crippen molar-refractivity contribution in [1.29, 1.82) is 0 Å². The minimum atomic E-state index is -4.42. The van der Waals surface area contributed by atoms with Crippen LogP contribution in [0.25, 0.3) is 0 Å². The topological polar surface area (TPSA) is 15.3 Å². The third-order valence-corrected chi connectivity index (χ3v) is 4.13. The minimum absolute atomic E-state index is 0.0133. The van der Waals surface area contributed by atoms with E-state index >= 15 is 0 Å². The van der Waals surface area contributed by atoms with Gasteiger partial charge in [0.05, 0.1) is 10.6 Å². The van der Waals surface area contributed by atoms with Crippen LogP contribution in [-0.2, 0) is 6.18 Å². The van der Waals surface area contributed by atoms with Crippen LogP contribution in [0.4, 0.5) is 13.2 Å². The SMILES string of the molecule is C=C(C)C[C@@H](c1ccc(C(F)(F)F)c(Cl)c1)N1CCNCC1. The molecule has 0 radical (unpaired) electrons. The lowest BCUT2D eigenvalue weighted by atomic mass is 9.97. The largest absolute Gasteiger partial charge is 0.417 e. The van der Waals surface area contributed by atoms with E-state index in [1.165, 1.54) is 12.1 Å². The van der Waals surface area contributed by atoms with Crippen molar-refractivity contribution in [2.75, 3.05) is 26.2 Å². The first kappa shape index (κ1) is 17.3. The van der Waals surface area contributed by atoms with Crippen molar-refractivity contribution in [2.24, 2.45) is 0 Å².